The summed E-state index contributed by atoms with van der Waals surface area (Å²) in [4.78, 5) is 10.0. The highest BCUT2D eigenvalue weighted by molar-refractivity contribution is 5.54. The third-order valence-corrected chi connectivity index (χ3v) is 1.48. The highest BCUT2D eigenvalue weighted by Crippen LogP contribution is 2.22. The van der Waals surface area contributed by atoms with E-state index in [1.54, 1.807) is 0 Å². The predicted octanol–water partition coefficient (Wildman–Crippen LogP) is 1.78. The molecule has 0 aliphatic carbocycles. The van der Waals surface area contributed by atoms with Crippen molar-refractivity contribution in [3.63, 3.8) is 0 Å². The fourth-order valence-electron chi connectivity index (χ4n) is 0.177. The van der Waals surface area contributed by atoms with Gasteiger partial charge >= 0.3 is 0 Å². The molecule has 1 unspecified atom stereocenters. The minimum atomic E-state index is 0.0440. The van der Waals surface area contributed by atoms with E-state index in [-0.39, 0.29) is 11.3 Å². The summed E-state index contributed by atoms with van der Waals surface area (Å²) >= 11 is 0. The molecule has 8 heavy (non-hydrogen) atoms. The molecule has 0 bridgehead atoms. The molecule has 0 fully saturated rings. The van der Waals surface area contributed by atoms with Crippen LogP contribution in [0.15, 0.2) is 0 Å². The largest absolute Gasteiger partial charge is 0.291 e. The van der Waals surface area contributed by atoms with Crippen molar-refractivity contribution in [2.75, 3.05) is 0 Å². The van der Waals surface area contributed by atoms with Crippen LogP contribution in [-0.2, 0) is 4.79 Å². The van der Waals surface area contributed by atoms with Crippen LogP contribution in [0.4, 0.5) is 0 Å². The highest BCUT2D eigenvalue weighted by atomic mass is 16.1. The third-order valence-electron chi connectivity index (χ3n) is 1.48. The minimum absolute atomic E-state index is 0.0440. The molecule has 0 aromatic heterocycles. The van der Waals surface area contributed by atoms with Gasteiger partial charge in [0.25, 0.3) is 0 Å². The molecule has 0 aromatic carbocycles. The van der Waals surface area contributed by atoms with Gasteiger partial charge in [0.05, 0.1) is 0 Å². The van der Waals surface area contributed by atoms with E-state index in [9.17, 15) is 4.79 Å². The van der Waals surface area contributed by atoms with Gasteiger partial charge in [-0.25, -0.2) is 0 Å². The first-order chi connectivity index (χ1) is 3.48. The maximum Gasteiger partial charge on any atom is 0.201 e. The average molecular weight is 113 g/mol. The van der Waals surface area contributed by atoms with Crippen molar-refractivity contribution in [1.29, 1.82) is 0 Å². The summed E-state index contributed by atoms with van der Waals surface area (Å²) in [6.07, 6.45) is 1.95. The van der Waals surface area contributed by atoms with Crippen molar-refractivity contribution >= 4 is 6.29 Å². The van der Waals surface area contributed by atoms with Gasteiger partial charge in [0.15, 0.2) is 0 Å². The Hall–Kier alpha value is -0.330. The minimum Gasteiger partial charge on any atom is -0.291 e. The van der Waals surface area contributed by atoms with Crippen LogP contribution in [-0.4, -0.2) is 6.29 Å². The quantitative estimate of drug-likeness (QED) is 0.506. The van der Waals surface area contributed by atoms with Gasteiger partial charge in [-0.3, -0.25) is 4.79 Å². The Morgan fingerprint density at radius 1 is 1.38 bits per heavy atom. The molecule has 0 rings (SSSR count). The second kappa shape index (κ2) is 2.29. The molecule has 0 saturated heterocycles. The Labute approximate surface area is 51.1 Å². The first-order valence-corrected chi connectivity index (χ1v) is 2.86. The van der Waals surface area contributed by atoms with Gasteiger partial charge in [-0.1, -0.05) is 27.7 Å². The Morgan fingerprint density at radius 3 is 1.75 bits per heavy atom. The van der Waals surface area contributed by atoms with Crippen molar-refractivity contribution < 1.29 is 4.79 Å². The summed E-state index contributed by atoms with van der Waals surface area (Å²) in [6.45, 7) is 7.97. The predicted molar refractivity (Wildman–Crippen MR) is 34.3 cm³/mol. The van der Waals surface area contributed by atoms with E-state index in [0.29, 0.717) is 0 Å². The number of hydrogen-bond acceptors (Lipinski definition) is 1. The van der Waals surface area contributed by atoms with Crippen LogP contribution in [0.3, 0.4) is 0 Å². The van der Waals surface area contributed by atoms with Crippen molar-refractivity contribution in [2.45, 2.75) is 27.7 Å². The molecule has 1 nitrogen and oxygen atoms in total. The van der Waals surface area contributed by atoms with Crippen LogP contribution in [0.5, 0.6) is 0 Å². The van der Waals surface area contributed by atoms with E-state index >= 15 is 0 Å². The van der Waals surface area contributed by atoms with E-state index < -0.39 is 0 Å². The Balaban J connectivity index is 3.80. The van der Waals surface area contributed by atoms with Crippen molar-refractivity contribution in [3.8, 4) is 0 Å². The van der Waals surface area contributed by atoms with Crippen LogP contribution in [0.1, 0.15) is 27.7 Å². The topological polar surface area (TPSA) is 17.1 Å². The van der Waals surface area contributed by atoms with Crippen LogP contribution >= 0.6 is 0 Å². The number of rotatable bonds is 1. The molecule has 1 radical (unpaired) electrons. The molecule has 1 atom stereocenters. The highest BCUT2D eigenvalue weighted by Gasteiger charge is 2.19. The zero-order chi connectivity index (χ0) is 6.78. The summed E-state index contributed by atoms with van der Waals surface area (Å²) < 4.78 is 0. The summed E-state index contributed by atoms with van der Waals surface area (Å²) in [7, 11) is 0. The van der Waals surface area contributed by atoms with Gasteiger partial charge in [-0.05, 0) is 5.41 Å². The molecule has 0 saturated carbocycles. The van der Waals surface area contributed by atoms with Crippen molar-refractivity contribution in [2.24, 2.45) is 11.3 Å². The molecular formula is C7H13O. The molecular weight excluding hydrogens is 100 g/mol. The monoisotopic (exact) mass is 113 g/mol. The Morgan fingerprint density at radius 2 is 1.75 bits per heavy atom. The van der Waals surface area contributed by atoms with Gasteiger partial charge in [0.1, 0.15) is 0 Å². The molecule has 1 heteroatoms. The van der Waals surface area contributed by atoms with Crippen LogP contribution < -0.4 is 0 Å². The van der Waals surface area contributed by atoms with Crippen molar-refractivity contribution in [3.05, 3.63) is 0 Å². The lowest BCUT2D eigenvalue weighted by atomic mass is 9.83. The van der Waals surface area contributed by atoms with Crippen LogP contribution in [0.2, 0.25) is 0 Å². The van der Waals surface area contributed by atoms with Gasteiger partial charge in [-0.2, -0.15) is 0 Å². The summed E-state index contributed by atoms with van der Waals surface area (Å²) in [5, 5.41) is 0. The first kappa shape index (κ1) is 7.67. The smallest absolute Gasteiger partial charge is 0.201 e. The van der Waals surface area contributed by atoms with Gasteiger partial charge in [0.2, 0.25) is 6.29 Å². The lowest BCUT2D eigenvalue weighted by molar-refractivity contribution is 0.322. The maximum absolute atomic E-state index is 10.0. The fourth-order valence-corrected chi connectivity index (χ4v) is 0.177. The molecule has 0 N–H and O–H groups in total. The normalized spacial score (nSPS) is 15.5. The van der Waals surface area contributed by atoms with E-state index in [1.807, 2.05) is 34.0 Å². The lowest BCUT2D eigenvalue weighted by Crippen LogP contribution is -2.17. The van der Waals surface area contributed by atoms with E-state index in [1.165, 1.54) is 0 Å². The molecule has 0 amide bonds. The summed E-state index contributed by atoms with van der Waals surface area (Å²) in [5.74, 6) is 0.0440. The molecule has 47 valence electrons. The fraction of sp³-hybridized carbons (Fsp3) is 0.857. The van der Waals surface area contributed by atoms with Crippen LogP contribution in [0, 0.1) is 11.3 Å². The number of hydrogen-bond donors (Lipinski definition) is 0. The summed E-state index contributed by atoms with van der Waals surface area (Å²) in [6, 6.07) is 0. The van der Waals surface area contributed by atoms with Gasteiger partial charge in [-0.15, -0.1) is 0 Å². The van der Waals surface area contributed by atoms with Gasteiger partial charge in [0, 0.05) is 5.92 Å². The van der Waals surface area contributed by atoms with Crippen LogP contribution in [0.25, 0.3) is 0 Å². The second-order valence-corrected chi connectivity index (χ2v) is 3.21. The first-order valence-electron chi connectivity index (χ1n) is 2.86. The van der Waals surface area contributed by atoms with E-state index in [4.69, 9.17) is 0 Å². The van der Waals surface area contributed by atoms with Gasteiger partial charge < -0.3 is 0 Å². The molecule has 0 heterocycles. The maximum atomic E-state index is 10.0. The number of carbonyl (C=O) groups excluding carboxylic acids is 1. The molecule has 0 aliphatic rings. The van der Waals surface area contributed by atoms with Crippen molar-refractivity contribution in [1.82, 2.24) is 0 Å². The third kappa shape index (κ3) is 2.10. The zero-order valence-corrected chi connectivity index (χ0v) is 5.99. The lowest BCUT2D eigenvalue weighted by Gasteiger charge is -2.20. The zero-order valence-electron chi connectivity index (χ0n) is 5.99. The van der Waals surface area contributed by atoms with E-state index in [2.05, 4.69) is 0 Å². The average Bonchev–Trinajstić information content (AvgIpc) is 1.62. The second-order valence-electron chi connectivity index (χ2n) is 3.21. The molecule has 0 spiro atoms. The standard InChI is InChI=1S/C7H13O/c1-6(5-8)7(2,3)4/h6H,1-4H3. The molecule has 0 aliphatic heterocycles. The SMILES string of the molecule is CC([C]=O)C(C)(C)C. The Kier molecular flexibility index (Phi) is 2.20. The Bertz CT molecular complexity index is 78.9. The summed E-state index contributed by atoms with van der Waals surface area (Å²) in [5.41, 5.74) is 0.0851. The van der Waals surface area contributed by atoms with E-state index in [0.717, 1.165) is 0 Å². The molecule has 0 aromatic rings.